The molecule has 3 rings (SSSR count). The van der Waals surface area contributed by atoms with Crippen LogP contribution in [0, 0.1) is 24.1 Å². The number of benzene rings is 2. The molecule has 0 spiro atoms. The number of nitriles is 1. The summed E-state index contributed by atoms with van der Waals surface area (Å²) in [6.07, 6.45) is 2.89. The van der Waals surface area contributed by atoms with E-state index >= 15 is 0 Å². The van der Waals surface area contributed by atoms with Crippen LogP contribution < -0.4 is 5.56 Å². The van der Waals surface area contributed by atoms with E-state index in [2.05, 4.69) is 23.0 Å². The lowest BCUT2D eigenvalue weighted by atomic mass is 9.97. The van der Waals surface area contributed by atoms with E-state index in [1.54, 1.807) is 37.3 Å². The minimum absolute atomic E-state index is 0.175. The highest BCUT2D eigenvalue weighted by atomic mass is 19.1. The normalized spacial score (nSPS) is 10.6. The summed E-state index contributed by atoms with van der Waals surface area (Å²) in [5.74, 6) is 0.274. The van der Waals surface area contributed by atoms with E-state index in [0.717, 1.165) is 19.3 Å². The van der Waals surface area contributed by atoms with Gasteiger partial charge in [-0.2, -0.15) is 5.26 Å². The molecule has 0 atom stereocenters. The highest BCUT2D eigenvalue weighted by Crippen LogP contribution is 2.26. The molecule has 0 aliphatic heterocycles. The van der Waals surface area contributed by atoms with Crippen LogP contribution in [0.5, 0.6) is 0 Å². The number of nitrogens with one attached hydrogen (secondary N) is 1. The molecule has 0 bridgehead atoms. The molecule has 142 valence electrons. The first-order valence-electron chi connectivity index (χ1n) is 9.40. The Morgan fingerprint density at radius 2 is 2.00 bits per heavy atom. The minimum atomic E-state index is -0.404. The zero-order valence-corrected chi connectivity index (χ0v) is 16.1. The van der Waals surface area contributed by atoms with Gasteiger partial charge in [0.05, 0.1) is 11.6 Å². The summed E-state index contributed by atoms with van der Waals surface area (Å²) >= 11 is 0. The number of H-pyrrole nitrogens is 1. The standard InChI is InChI=1S/C23H22FN3O/c1-3-4-9-22-26-15(2)20(23(28)27-22)12-17-11-10-16(13-21(17)24)19-8-6-5-7-18(19)14-25/h5-8,10-11,13H,3-4,9,12H2,1-2H3,(H,26,27,28). The number of halogens is 1. The molecule has 1 aromatic heterocycles. The van der Waals surface area contributed by atoms with Crippen molar-refractivity contribution < 1.29 is 4.39 Å². The molecule has 0 amide bonds. The van der Waals surface area contributed by atoms with Crippen LogP contribution in [0.2, 0.25) is 0 Å². The van der Waals surface area contributed by atoms with E-state index in [1.165, 1.54) is 6.07 Å². The molecule has 3 aromatic rings. The number of unbranched alkanes of at least 4 members (excludes halogenated alkanes) is 1. The maximum absolute atomic E-state index is 14.8. The maximum atomic E-state index is 14.8. The van der Waals surface area contributed by atoms with Crippen molar-refractivity contribution >= 4 is 0 Å². The molecule has 5 heteroatoms. The van der Waals surface area contributed by atoms with Crippen molar-refractivity contribution in [1.82, 2.24) is 9.97 Å². The summed E-state index contributed by atoms with van der Waals surface area (Å²) < 4.78 is 14.8. The first kappa shape index (κ1) is 19.5. The van der Waals surface area contributed by atoms with E-state index in [0.29, 0.717) is 39.3 Å². The third-order valence-electron chi connectivity index (χ3n) is 4.82. The van der Waals surface area contributed by atoms with Crippen LogP contribution in [0.15, 0.2) is 47.3 Å². The van der Waals surface area contributed by atoms with Crippen LogP contribution in [-0.2, 0) is 12.8 Å². The molecule has 0 fully saturated rings. The van der Waals surface area contributed by atoms with Crippen LogP contribution in [0.3, 0.4) is 0 Å². The molecule has 0 saturated carbocycles. The first-order chi connectivity index (χ1) is 13.5. The van der Waals surface area contributed by atoms with E-state index in [4.69, 9.17) is 0 Å². The van der Waals surface area contributed by atoms with Gasteiger partial charge in [0.2, 0.25) is 0 Å². The minimum Gasteiger partial charge on any atom is -0.310 e. The van der Waals surface area contributed by atoms with Crippen molar-refractivity contribution in [2.75, 3.05) is 0 Å². The van der Waals surface area contributed by atoms with Gasteiger partial charge >= 0.3 is 0 Å². The van der Waals surface area contributed by atoms with Crippen molar-refractivity contribution in [3.63, 3.8) is 0 Å². The van der Waals surface area contributed by atoms with Crippen molar-refractivity contribution in [2.24, 2.45) is 0 Å². The lowest BCUT2D eigenvalue weighted by Gasteiger charge is -2.10. The Hall–Kier alpha value is -3.26. The second-order valence-electron chi connectivity index (χ2n) is 6.82. The van der Waals surface area contributed by atoms with Crippen LogP contribution >= 0.6 is 0 Å². The number of aromatic amines is 1. The molecule has 4 nitrogen and oxygen atoms in total. The predicted molar refractivity (Wildman–Crippen MR) is 108 cm³/mol. The summed E-state index contributed by atoms with van der Waals surface area (Å²) in [4.78, 5) is 19.7. The van der Waals surface area contributed by atoms with Crippen molar-refractivity contribution in [1.29, 1.82) is 5.26 Å². The SMILES string of the molecule is CCCCc1nc(C)c(Cc2ccc(-c3ccccc3C#N)cc2F)c(=O)[nH]1. The fourth-order valence-corrected chi connectivity index (χ4v) is 3.22. The Morgan fingerprint density at radius 1 is 1.21 bits per heavy atom. The number of aromatic nitrogens is 2. The van der Waals surface area contributed by atoms with Gasteiger partial charge in [-0.05, 0) is 42.2 Å². The van der Waals surface area contributed by atoms with Gasteiger partial charge in [-0.25, -0.2) is 9.37 Å². The smallest absolute Gasteiger partial charge is 0.254 e. The fraction of sp³-hybridized carbons (Fsp3) is 0.261. The Morgan fingerprint density at radius 3 is 2.68 bits per heavy atom. The van der Waals surface area contributed by atoms with Gasteiger partial charge in [0.1, 0.15) is 11.6 Å². The van der Waals surface area contributed by atoms with E-state index in [9.17, 15) is 14.4 Å². The first-order valence-corrected chi connectivity index (χ1v) is 9.40. The second kappa shape index (κ2) is 8.62. The lowest BCUT2D eigenvalue weighted by molar-refractivity contribution is 0.613. The molecule has 28 heavy (non-hydrogen) atoms. The predicted octanol–water partition coefficient (Wildman–Crippen LogP) is 4.69. The summed E-state index contributed by atoms with van der Waals surface area (Å²) in [6, 6.07) is 14.1. The quantitative estimate of drug-likeness (QED) is 0.679. The van der Waals surface area contributed by atoms with Gasteiger partial charge in [-0.1, -0.05) is 43.7 Å². The van der Waals surface area contributed by atoms with Gasteiger partial charge in [0.25, 0.3) is 5.56 Å². The number of aryl methyl sites for hydroxylation is 2. The van der Waals surface area contributed by atoms with Gasteiger partial charge in [0, 0.05) is 24.1 Å². The molecule has 0 saturated heterocycles. The van der Waals surface area contributed by atoms with Crippen LogP contribution in [0.1, 0.15) is 48.0 Å². The van der Waals surface area contributed by atoms with E-state index in [-0.39, 0.29) is 12.0 Å². The third kappa shape index (κ3) is 4.17. The average molecular weight is 375 g/mol. The summed E-state index contributed by atoms with van der Waals surface area (Å²) in [6.45, 7) is 3.87. The molecular weight excluding hydrogens is 353 g/mol. The van der Waals surface area contributed by atoms with Gasteiger partial charge in [-0.3, -0.25) is 4.79 Å². The van der Waals surface area contributed by atoms with E-state index in [1.807, 2.05) is 6.07 Å². The topological polar surface area (TPSA) is 69.5 Å². The number of hydrogen-bond donors (Lipinski definition) is 1. The highest BCUT2D eigenvalue weighted by Gasteiger charge is 2.13. The molecule has 0 aliphatic rings. The summed E-state index contributed by atoms with van der Waals surface area (Å²) in [7, 11) is 0. The fourth-order valence-electron chi connectivity index (χ4n) is 3.22. The van der Waals surface area contributed by atoms with Gasteiger partial charge in [0.15, 0.2) is 0 Å². The number of rotatable bonds is 6. The lowest BCUT2D eigenvalue weighted by Crippen LogP contribution is -2.19. The molecule has 0 radical (unpaired) electrons. The third-order valence-corrected chi connectivity index (χ3v) is 4.82. The Kier molecular flexibility index (Phi) is 6.00. The zero-order chi connectivity index (χ0) is 20.1. The van der Waals surface area contributed by atoms with E-state index < -0.39 is 5.82 Å². The molecule has 1 N–H and O–H groups in total. The Labute approximate surface area is 163 Å². The summed E-state index contributed by atoms with van der Waals surface area (Å²) in [5, 5.41) is 9.25. The van der Waals surface area contributed by atoms with Crippen LogP contribution in [-0.4, -0.2) is 9.97 Å². The molecule has 1 heterocycles. The van der Waals surface area contributed by atoms with Crippen molar-refractivity contribution in [3.05, 3.63) is 86.8 Å². The Bertz CT molecular complexity index is 1100. The number of hydrogen-bond acceptors (Lipinski definition) is 3. The molecular formula is C23H22FN3O. The average Bonchev–Trinajstić information content (AvgIpc) is 2.70. The zero-order valence-electron chi connectivity index (χ0n) is 16.1. The van der Waals surface area contributed by atoms with Crippen molar-refractivity contribution in [2.45, 2.75) is 39.5 Å². The van der Waals surface area contributed by atoms with Gasteiger partial charge in [-0.15, -0.1) is 0 Å². The maximum Gasteiger partial charge on any atom is 0.254 e. The summed E-state index contributed by atoms with van der Waals surface area (Å²) in [5.41, 5.74) is 3.14. The molecule has 0 aliphatic carbocycles. The molecule has 0 unspecified atom stereocenters. The second-order valence-corrected chi connectivity index (χ2v) is 6.82. The van der Waals surface area contributed by atoms with Crippen molar-refractivity contribution in [3.8, 4) is 17.2 Å². The van der Waals surface area contributed by atoms with Crippen LogP contribution in [0.25, 0.3) is 11.1 Å². The monoisotopic (exact) mass is 375 g/mol. The van der Waals surface area contributed by atoms with Gasteiger partial charge < -0.3 is 4.98 Å². The number of nitrogens with zero attached hydrogens (tertiary/aromatic N) is 2. The largest absolute Gasteiger partial charge is 0.310 e. The highest BCUT2D eigenvalue weighted by molar-refractivity contribution is 5.70. The van der Waals surface area contributed by atoms with Crippen LogP contribution in [0.4, 0.5) is 4.39 Å². The Balaban J connectivity index is 1.90. The molecule has 2 aromatic carbocycles.